The number of hydrogen-bond donors (Lipinski definition) is 0. The molecule has 1 aromatic carbocycles. The number of sulfonamides is 1. The van der Waals surface area contributed by atoms with Gasteiger partial charge in [-0.1, -0.05) is 11.6 Å². The van der Waals surface area contributed by atoms with Crippen molar-refractivity contribution in [2.45, 2.75) is 37.1 Å². The van der Waals surface area contributed by atoms with E-state index in [-0.39, 0.29) is 23.1 Å². The molecule has 1 unspecified atom stereocenters. The molecule has 0 radical (unpaired) electrons. The van der Waals surface area contributed by atoms with Gasteiger partial charge in [0.25, 0.3) is 0 Å². The molecule has 1 fully saturated rings. The van der Waals surface area contributed by atoms with E-state index >= 15 is 0 Å². The average Bonchev–Trinajstić information content (AvgIpc) is 2.50. The second-order valence-corrected chi connectivity index (χ2v) is 7.22. The highest BCUT2D eigenvalue weighted by Gasteiger charge is 2.39. The lowest BCUT2D eigenvalue weighted by Crippen LogP contribution is -2.48. The highest BCUT2D eigenvalue weighted by Crippen LogP contribution is 2.30. The molecule has 5 nitrogen and oxygen atoms in total. The Morgan fingerprint density at radius 1 is 1.45 bits per heavy atom. The Hall–Kier alpha value is -1.18. The van der Waals surface area contributed by atoms with Crippen molar-refractivity contribution in [2.75, 3.05) is 13.2 Å². The van der Waals surface area contributed by atoms with Crippen LogP contribution in [-0.4, -0.2) is 37.9 Å². The first-order chi connectivity index (χ1) is 10.4. The molecule has 1 aromatic rings. The Labute approximate surface area is 134 Å². The summed E-state index contributed by atoms with van der Waals surface area (Å²) in [4.78, 5) is 11.7. The Balaban J connectivity index is 2.41. The van der Waals surface area contributed by atoms with Crippen LogP contribution in [0.3, 0.4) is 0 Å². The molecule has 8 heteroatoms. The summed E-state index contributed by atoms with van der Waals surface area (Å²) in [5, 5.41) is -0.0745. The molecule has 1 heterocycles. The smallest absolute Gasteiger partial charge is 0.324 e. The summed E-state index contributed by atoms with van der Waals surface area (Å²) >= 11 is 5.90. The molecule has 1 saturated heterocycles. The third-order valence-electron chi connectivity index (χ3n) is 3.49. The summed E-state index contributed by atoms with van der Waals surface area (Å²) in [7, 11) is -4.07. The van der Waals surface area contributed by atoms with E-state index in [9.17, 15) is 17.6 Å². The third-order valence-corrected chi connectivity index (χ3v) is 5.88. The van der Waals surface area contributed by atoms with E-state index in [2.05, 4.69) is 0 Å². The summed E-state index contributed by atoms with van der Waals surface area (Å²) in [5.74, 6) is -1.29. The largest absolute Gasteiger partial charge is 0.465 e. The Morgan fingerprint density at radius 3 is 2.86 bits per heavy atom. The number of esters is 1. The molecule has 0 bridgehead atoms. The van der Waals surface area contributed by atoms with Gasteiger partial charge in [0, 0.05) is 6.54 Å². The molecule has 122 valence electrons. The molecule has 0 amide bonds. The van der Waals surface area contributed by atoms with Crippen LogP contribution in [0, 0.1) is 5.82 Å². The van der Waals surface area contributed by atoms with Crippen LogP contribution in [0.1, 0.15) is 26.2 Å². The van der Waals surface area contributed by atoms with E-state index in [1.54, 1.807) is 6.92 Å². The predicted molar refractivity (Wildman–Crippen MR) is 79.6 cm³/mol. The number of ether oxygens (including phenoxy) is 1. The number of carbonyl (C=O) groups excluding carboxylic acids is 1. The lowest BCUT2D eigenvalue weighted by molar-refractivity contribution is -0.148. The molecule has 0 N–H and O–H groups in total. The minimum atomic E-state index is -4.07. The first-order valence-corrected chi connectivity index (χ1v) is 8.83. The van der Waals surface area contributed by atoms with Crippen molar-refractivity contribution < 1.29 is 22.3 Å². The zero-order valence-corrected chi connectivity index (χ0v) is 13.7. The minimum absolute atomic E-state index is 0.0745. The first kappa shape index (κ1) is 17.2. The van der Waals surface area contributed by atoms with Gasteiger partial charge in [0.1, 0.15) is 16.8 Å². The SMILES string of the molecule is CCOC(=O)C1CCCCN1S(=O)(=O)c1cc(F)ccc1Cl. The van der Waals surface area contributed by atoms with Crippen LogP contribution in [0.15, 0.2) is 23.1 Å². The van der Waals surface area contributed by atoms with Crippen LogP contribution in [-0.2, 0) is 19.6 Å². The van der Waals surface area contributed by atoms with Gasteiger partial charge < -0.3 is 4.74 Å². The number of benzene rings is 1. The molecule has 22 heavy (non-hydrogen) atoms. The fourth-order valence-electron chi connectivity index (χ4n) is 2.47. The maximum atomic E-state index is 13.4. The number of hydrogen-bond acceptors (Lipinski definition) is 4. The summed E-state index contributed by atoms with van der Waals surface area (Å²) in [5.41, 5.74) is 0. The molecular formula is C14H17ClFNO4S. The monoisotopic (exact) mass is 349 g/mol. The lowest BCUT2D eigenvalue weighted by Gasteiger charge is -2.33. The maximum absolute atomic E-state index is 13.4. The first-order valence-electron chi connectivity index (χ1n) is 7.01. The summed E-state index contributed by atoms with van der Waals surface area (Å²) in [6.45, 7) is 2.01. The lowest BCUT2D eigenvalue weighted by atomic mass is 10.1. The molecule has 0 spiro atoms. The number of carbonyl (C=O) groups is 1. The van der Waals surface area contributed by atoms with Crippen molar-refractivity contribution in [3.8, 4) is 0 Å². The number of nitrogens with zero attached hydrogens (tertiary/aromatic N) is 1. The van der Waals surface area contributed by atoms with Crippen molar-refractivity contribution in [2.24, 2.45) is 0 Å². The fourth-order valence-corrected chi connectivity index (χ4v) is 4.60. The standard InChI is InChI=1S/C14H17ClFNO4S/c1-2-21-14(18)12-5-3-4-8-17(12)22(19,20)13-9-10(16)6-7-11(13)15/h6-7,9,12H,2-5,8H2,1H3. The van der Waals surface area contributed by atoms with E-state index in [1.807, 2.05) is 0 Å². The molecule has 1 aliphatic heterocycles. The Kier molecular flexibility index (Phi) is 5.41. The van der Waals surface area contributed by atoms with E-state index in [0.717, 1.165) is 22.9 Å². The maximum Gasteiger partial charge on any atom is 0.324 e. The number of piperidine rings is 1. The zero-order valence-electron chi connectivity index (χ0n) is 12.1. The van der Waals surface area contributed by atoms with Gasteiger partial charge in [-0.05, 0) is 44.4 Å². The molecule has 1 aliphatic rings. The second kappa shape index (κ2) is 6.93. The van der Waals surface area contributed by atoms with Gasteiger partial charge in [0.05, 0.1) is 11.6 Å². The van der Waals surface area contributed by atoms with Crippen LogP contribution in [0.4, 0.5) is 4.39 Å². The van der Waals surface area contributed by atoms with Crippen LogP contribution in [0.5, 0.6) is 0 Å². The van der Waals surface area contributed by atoms with Gasteiger partial charge in [-0.15, -0.1) is 0 Å². The van der Waals surface area contributed by atoms with Gasteiger partial charge >= 0.3 is 5.97 Å². The van der Waals surface area contributed by atoms with E-state index < -0.39 is 27.9 Å². The quantitative estimate of drug-likeness (QED) is 0.784. The highest BCUT2D eigenvalue weighted by molar-refractivity contribution is 7.89. The van der Waals surface area contributed by atoms with Gasteiger partial charge in [-0.2, -0.15) is 4.31 Å². The summed E-state index contributed by atoms with van der Waals surface area (Å²) in [6.07, 6.45) is 1.74. The van der Waals surface area contributed by atoms with Gasteiger partial charge in [0.2, 0.25) is 10.0 Å². The van der Waals surface area contributed by atoms with Crippen molar-refractivity contribution in [3.63, 3.8) is 0 Å². The molecule has 0 saturated carbocycles. The van der Waals surface area contributed by atoms with Crippen LogP contribution in [0.2, 0.25) is 5.02 Å². The minimum Gasteiger partial charge on any atom is -0.465 e. The fraction of sp³-hybridized carbons (Fsp3) is 0.500. The van der Waals surface area contributed by atoms with Gasteiger partial charge in [-0.3, -0.25) is 4.79 Å². The van der Waals surface area contributed by atoms with Crippen LogP contribution >= 0.6 is 11.6 Å². The summed E-state index contributed by atoms with van der Waals surface area (Å²) in [6, 6.07) is 2.25. The van der Waals surface area contributed by atoms with Crippen LogP contribution in [0.25, 0.3) is 0 Å². The van der Waals surface area contributed by atoms with Crippen molar-refractivity contribution in [1.82, 2.24) is 4.31 Å². The zero-order chi connectivity index (χ0) is 16.3. The van der Waals surface area contributed by atoms with Crippen molar-refractivity contribution >= 4 is 27.6 Å². The predicted octanol–water partition coefficient (Wildman–Crippen LogP) is 2.59. The van der Waals surface area contributed by atoms with Crippen molar-refractivity contribution in [1.29, 1.82) is 0 Å². The van der Waals surface area contributed by atoms with Crippen molar-refractivity contribution in [3.05, 3.63) is 29.0 Å². The molecule has 0 aliphatic carbocycles. The second-order valence-electron chi connectivity index (χ2n) is 4.95. The third kappa shape index (κ3) is 3.42. The van der Waals surface area contributed by atoms with Gasteiger partial charge in [0.15, 0.2) is 0 Å². The van der Waals surface area contributed by atoms with E-state index in [1.165, 1.54) is 6.07 Å². The van der Waals surface area contributed by atoms with E-state index in [0.29, 0.717) is 12.8 Å². The Morgan fingerprint density at radius 2 is 2.18 bits per heavy atom. The number of halogens is 2. The highest BCUT2D eigenvalue weighted by atomic mass is 35.5. The van der Waals surface area contributed by atoms with Gasteiger partial charge in [-0.25, -0.2) is 12.8 Å². The van der Waals surface area contributed by atoms with E-state index in [4.69, 9.17) is 16.3 Å². The number of rotatable bonds is 4. The Bertz CT molecular complexity index is 665. The molecule has 2 rings (SSSR count). The summed E-state index contributed by atoms with van der Waals surface area (Å²) < 4.78 is 44.9. The van der Waals surface area contributed by atoms with Crippen LogP contribution < -0.4 is 0 Å². The average molecular weight is 350 g/mol. The molecular weight excluding hydrogens is 333 g/mol. The molecule has 0 aromatic heterocycles. The topological polar surface area (TPSA) is 63.7 Å². The molecule has 1 atom stereocenters. The normalized spacial score (nSPS) is 19.9.